The molecule has 2 heterocycles. The standard InChI is InChI=1S/C14H16BrClN4O/c1-8(16)13-19-11-6-9(15)7-17-14(11)20(13)5-4-12(21)18-10-2-3-10/h6-8,10H,2-5H2,1H3,(H,18,21). The largest absolute Gasteiger partial charge is 0.353 e. The third kappa shape index (κ3) is 3.37. The van der Waals surface area contributed by atoms with Crippen molar-refractivity contribution >= 4 is 44.6 Å². The molecular weight excluding hydrogens is 356 g/mol. The van der Waals surface area contributed by atoms with Crippen molar-refractivity contribution < 1.29 is 4.79 Å². The van der Waals surface area contributed by atoms with E-state index in [9.17, 15) is 4.79 Å². The molecule has 21 heavy (non-hydrogen) atoms. The number of aryl methyl sites for hydroxylation is 1. The molecule has 0 aliphatic heterocycles. The molecule has 0 saturated heterocycles. The first-order valence-electron chi connectivity index (χ1n) is 6.99. The maximum Gasteiger partial charge on any atom is 0.222 e. The highest BCUT2D eigenvalue weighted by atomic mass is 79.9. The van der Waals surface area contributed by atoms with Gasteiger partial charge in [-0.1, -0.05) is 0 Å². The fourth-order valence-corrected chi connectivity index (χ4v) is 2.75. The summed E-state index contributed by atoms with van der Waals surface area (Å²) in [4.78, 5) is 20.8. The van der Waals surface area contributed by atoms with Crippen LogP contribution >= 0.6 is 27.5 Å². The molecule has 1 unspecified atom stereocenters. The van der Waals surface area contributed by atoms with Crippen LogP contribution in [0.1, 0.15) is 37.4 Å². The lowest BCUT2D eigenvalue weighted by molar-refractivity contribution is -0.121. The van der Waals surface area contributed by atoms with Gasteiger partial charge in [-0.15, -0.1) is 11.6 Å². The van der Waals surface area contributed by atoms with Gasteiger partial charge in [0.2, 0.25) is 5.91 Å². The highest BCUT2D eigenvalue weighted by molar-refractivity contribution is 9.10. The van der Waals surface area contributed by atoms with Gasteiger partial charge >= 0.3 is 0 Å². The number of aromatic nitrogens is 3. The van der Waals surface area contributed by atoms with Gasteiger partial charge in [-0.2, -0.15) is 0 Å². The molecule has 1 fully saturated rings. The van der Waals surface area contributed by atoms with Crippen LogP contribution < -0.4 is 5.32 Å². The lowest BCUT2D eigenvalue weighted by Gasteiger charge is -2.10. The van der Waals surface area contributed by atoms with Gasteiger partial charge in [0.1, 0.15) is 11.3 Å². The summed E-state index contributed by atoms with van der Waals surface area (Å²) in [5.41, 5.74) is 1.55. The maximum atomic E-state index is 11.9. The van der Waals surface area contributed by atoms with E-state index >= 15 is 0 Å². The summed E-state index contributed by atoms with van der Waals surface area (Å²) in [5.74, 6) is 0.820. The number of hydrogen-bond donors (Lipinski definition) is 1. The number of carbonyl (C=O) groups is 1. The second-order valence-corrected chi connectivity index (χ2v) is 6.90. The zero-order valence-electron chi connectivity index (χ0n) is 11.6. The molecule has 3 rings (SSSR count). The normalized spacial score (nSPS) is 16.1. The SMILES string of the molecule is CC(Cl)c1nc2cc(Br)cnc2n1CCC(=O)NC1CC1. The highest BCUT2D eigenvalue weighted by Gasteiger charge is 2.23. The molecule has 7 heteroatoms. The summed E-state index contributed by atoms with van der Waals surface area (Å²) in [6.07, 6.45) is 4.34. The lowest BCUT2D eigenvalue weighted by atomic mass is 10.3. The minimum atomic E-state index is -0.232. The van der Waals surface area contributed by atoms with E-state index in [1.54, 1.807) is 6.20 Å². The monoisotopic (exact) mass is 370 g/mol. The van der Waals surface area contributed by atoms with Gasteiger partial charge in [-0.25, -0.2) is 9.97 Å². The molecule has 0 radical (unpaired) electrons. The van der Waals surface area contributed by atoms with Crippen LogP contribution in [0.5, 0.6) is 0 Å². The Morgan fingerprint density at radius 2 is 2.38 bits per heavy atom. The van der Waals surface area contributed by atoms with Gasteiger partial charge in [-0.05, 0) is 41.8 Å². The predicted molar refractivity (Wildman–Crippen MR) is 85.3 cm³/mol. The Morgan fingerprint density at radius 1 is 1.62 bits per heavy atom. The van der Waals surface area contributed by atoms with Crippen LogP contribution in [-0.2, 0) is 11.3 Å². The first-order chi connectivity index (χ1) is 10.0. The number of amides is 1. The van der Waals surface area contributed by atoms with Crippen LogP contribution in [0.2, 0.25) is 0 Å². The molecule has 1 saturated carbocycles. The summed E-state index contributed by atoms with van der Waals surface area (Å²) < 4.78 is 2.81. The van der Waals surface area contributed by atoms with E-state index in [1.807, 2.05) is 17.6 Å². The molecular formula is C14H16BrClN4O. The van der Waals surface area contributed by atoms with Gasteiger partial charge < -0.3 is 9.88 Å². The zero-order valence-corrected chi connectivity index (χ0v) is 14.0. The van der Waals surface area contributed by atoms with Crippen molar-refractivity contribution in [3.05, 3.63) is 22.6 Å². The van der Waals surface area contributed by atoms with Crippen LogP contribution in [0.15, 0.2) is 16.7 Å². The summed E-state index contributed by atoms with van der Waals surface area (Å²) in [6.45, 7) is 2.41. The minimum Gasteiger partial charge on any atom is -0.353 e. The van der Waals surface area contributed by atoms with Gasteiger partial charge in [0.25, 0.3) is 0 Å². The van der Waals surface area contributed by atoms with Gasteiger partial charge in [-0.3, -0.25) is 4.79 Å². The summed E-state index contributed by atoms with van der Waals surface area (Å²) in [6, 6.07) is 2.30. The van der Waals surface area contributed by atoms with E-state index in [2.05, 4.69) is 31.2 Å². The number of carbonyl (C=O) groups excluding carboxylic acids is 1. The van der Waals surface area contributed by atoms with Gasteiger partial charge in [0.15, 0.2) is 5.65 Å². The summed E-state index contributed by atoms with van der Waals surface area (Å²) in [7, 11) is 0. The number of nitrogens with one attached hydrogen (secondary N) is 1. The predicted octanol–water partition coefficient (Wildman–Crippen LogP) is 3.16. The van der Waals surface area contributed by atoms with Crippen LogP contribution in [0, 0.1) is 0 Å². The third-order valence-corrected chi connectivity index (χ3v) is 4.07. The van der Waals surface area contributed by atoms with Crippen molar-refractivity contribution in [3.63, 3.8) is 0 Å². The zero-order chi connectivity index (χ0) is 15.0. The molecule has 2 aromatic rings. The van der Waals surface area contributed by atoms with Gasteiger partial charge in [0.05, 0.1) is 5.38 Å². The number of hydrogen-bond acceptors (Lipinski definition) is 3. The van der Waals surface area contributed by atoms with Crippen LogP contribution in [0.4, 0.5) is 0 Å². The van der Waals surface area contributed by atoms with Gasteiger partial charge in [0, 0.05) is 29.7 Å². The molecule has 1 aliphatic carbocycles. The minimum absolute atomic E-state index is 0.0737. The molecule has 0 aromatic carbocycles. The molecule has 2 aromatic heterocycles. The fraction of sp³-hybridized carbons (Fsp3) is 0.500. The lowest BCUT2D eigenvalue weighted by Crippen LogP contribution is -2.26. The van der Waals surface area contributed by atoms with E-state index in [0.717, 1.165) is 34.3 Å². The van der Waals surface area contributed by atoms with E-state index in [4.69, 9.17) is 11.6 Å². The average Bonchev–Trinajstić information content (AvgIpc) is 3.15. The second-order valence-electron chi connectivity index (χ2n) is 5.33. The average molecular weight is 372 g/mol. The Kier molecular flexibility index (Phi) is 4.17. The first-order valence-corrected chi connectivity index (χ1v) is 8.22. The van der Waals surface area contributed by atoms with Crippen molar-refractivity contribution in [2.45, 2.75) is 44.1 Å². The number of alkyl halides is 1. The quantitative estimate of drug-likeness (QED) is 0.821. The van der Waals surface area contributed by atoms with Crippen molar-refractivity contribution in [1.29, 1.82) is 0 Å². The molecule has 1 aliphatic rings. The van der Waals surface area contributed by atoms with Crippen LogP contribution in [0.25, 0.3) is 11.2 Å². The first kappa shape index (κ1) is 14.8. The van der Waals surface area contributed by atoms with Crippen molar-refractivity contribution in [2.24, 2.45) is 0 Å². The Hall–Kier alpha value is -1.14. The van der Waals surface area contributed by atoms with E-state index in [-0.39, 0.29) is 11.3 Å². The Labute approximate surface area is 136 Å². The number of fused-ring (bicyclic) bond motifs is 1. The Bertz CT molecular complexity index is 681. The molecule has 112 valence electrons. The molecule has 1 atom stereocenters. The number of rotatable bonds is 5. The van der Waals surface area contributed by atoms with E-state index in [0.29, 0.717) is 19.0 Å². The molecule has 1 amide bonds. The Morgan fingerprint density at radius 3 is 3.05 bits per heavy atom. The topological polar surface area (TPSA) is 59.8 Å². The third-order valence-electron chi connectivity index (χ3n) is 3.44. The summed E-state index contributed by atoms with van der Waals surface area (Å²) >= 11 is 9.60. The molecule has 1 N–H and O–H groups in total. The highest BCUT2D eigenvalue weighted by Crippen LogP contribution is 2.25. The van der Waals surface area contributed by atoms with E-state index < -0.39 is 0 Å². The van der Waals surface area contributed by atoms with Crippen molar-refractivity contribution in [3.8, 4) is 0 Å². The molecule has 0 spiro atoms. The smallest absolute Gasteiger partial charge is 0.222 e. The number of imidazole rings is 1. The summed E-state index contributed by atoms with van der Waals surface area (Å²) in [5, 5.41) is 2.76. The van der Waals surface area contributed by atoms with Crippen molar-refractivity contribution in [2.75, 3.05) is 0 Å². The number of pyridine rings is 1. The molecule has 0 bridgehead atoms. The van der Waals surface area contributed by atoms with E-state index in [1.165, 1.54) is 0 Å². The fourth-order valence-electron chi connectivity index (χ4n) is 2.27. The van der Waals surface area contributed by atoms with Crippen LogP contribution in [-0.4, -0.2) is 26.5 Å². The number of halogens is 2. The Balaban J connectivity index is 1.84. The van der Waals surface area contributed by atoms with Crippen molar-refractivity contribution in [1.82, 2.24) is 19.9 Å². The van der Waals surface area contributed by atoms with Crippen LogP contribution in [0.3, 0.4) is 0 Å². The number of nitrogens with zero attached hydrogens (tertiary/aromatic N) is 3. The maximum absolute atomic E-state index is 11.9. The molecule has 5 nitrogen and oxygen atoms in total. The second kappa shape index (κ2) is 5.93.